The van der Waals surface area contributed by atoms with Crippen LogP contribution < -0.4 is 4.90 Å². The number of allylic oxidation sites excluding steroid dienone is 1. The van der Waals surface area contributed by atoms with Crippen molar-refractivity contribution in [2.75, 3.05) is 4.90 Å². The third-order valence-corrected chi connectivity index (χ3v) is 6.15. The zero-order valence-corrected chi connectivity index (χ0v) is 18.7. The lowest BCUT2D eigenvalue weighted by Gasteiger charge is -2.19. The second kappa shape index (κ2) is 8.66. The van der Waals surface area contributed by atoms with Gasteiger partial charge in [0.25, 0.3) is 11.8 Å². The number of aryl methyl sites for hydroxylation is 3. The van der Waals surface area contributed by atoms with Crippen LogP contribution in [0.15, 0.2) is 53.0 Å². The van der Waals surface area contributed by atoms with Crippen LogP contribution >= 0.6 is 0 Å². The average Bonchev–Trinajstić information content (AvgIpc) is 3.33. The number of carbonyl (C=O) groups excluding carboxylic acids is 2. The predicted molar refractivity (Wildman–Crippen MR) is 118 cm³/mol. The zero-order chi connectivity index (χ0) is 25.7. The van der Waals surface area contributed by atoms with Gasteiger partial charge in [0.1, 0.15) is 5.71 Å². The van der Waals surface area contributed by atoms with Crippen molar-refractivity contribution >= 4 is 23.2 Å². The number of carbonyl (C=O) groups is 2. The first-order valence-corrected chi connectivity index (χ1v) is 10.9. The van der Waals surface area contributed by atoms with Gasteiger partial charge < -0.3 is 0 Å². The minimum atomic E-state index is -4.96. The molecular formula is C25H20F6N2O2. The fourth-order valence-electron chi connectivity index (χ4n) is 4.46. The Kier molecular flexibility index (Phi) is 6.11. The molecule has 2 aliphatic heterocycles. The number of aliphatic imine (C=N–C) groups is 1. The third kappa shape index (κ3) is 4.49. The number of halogens is 6. The number of nitrogens with zero attached hydrogens (tertiary/aromatic N) is 2. The molecule has 0 aliphatic carbocycles. The fourth-order valence-corrected chi connectivity index (χ4v) is 4.46. The summed E-state index contributed by atoms with van der Waals surface area (Å²) in [5, 5.41) is 0. The van der Waals surface area contributed by atoms with Gasteiger partial charge >= 0.3 is 12.4 Å². The summed E-state index contributed by atoms with van der Waals surface area (Å²) in [6, 6.07) is 8.10. The van der Waals surface area contributed by atoms with Crippen molar-refractivity contribution in [1.82, 2.24) is 0 Å². The van der Waals surface area contributed by atoms with Crippen LogP contribution in [0.25, 0.3) is 0 Å². The summed E-state index contributed by atoms with van der Waals surface area (Å²) in [6.07, 6.45) is -9.52. The fraction of sp³-hybridized carbons (Fsp3) is 0.320. The van der Waals surface area contributed by atoms with E-state index >= 15 is 0 Å². The van der Waals surface area contributed by atoms with Crippen molar-refractivity contribution in [3.05, 3.63) is 75.9 Å². The number of anilines is 1. The first kappa shape index (κ1) is 24.7. The van der Waals surface area contributed by atoms with Gasteiger partial charge in [-0.05, 0) is 61.1 Å². The van der Waals surface area contributed by atoms with Gasteiger partial charge in [-0.25, -0.2) is 4.90 Å². The summed E-state index contributed by atoms with van der Waals surface area (Å²) < 4.78 is 78.5. The number of rotatable bonds is 5. The summed E-state index contributed by atoms with van der Waals surface area (Å²) >= 11 is 0. The van der Waals surface area contributed by atoms with Crippen molar-refractivity contribution in [3.8, 4) is 0 Å². The topological polar surface area (TPSA) is 49.7 Å². The highest BCUT2D eigenvalue weighted by atomic mass is 19.4. The Morgan fingerprint density at radius 1 is 0.971 bits per heavy atom. The molecule has 184 valence electrons. The van der Waals surface area contributed by atoms with Gasteiger partial charge in [-0.15, -0.1) is 0 Å². The quantitative estimate of drug-likeness (QED) is 0.369. The van der Waals surface area contributed by atoms with E-state index in [1.807, 2.05) is 6.92 Å². The molecule has 2 aromatic carbocycles. The van der Waals surface area contributed by atoms with Crippen molar-refractivity contribution < 1.29 is 35.9 Å². The molecule has 0 N–H and O–H groups in total. The Hall–Kier alpha value is -3.43. The zero-order valence-electron chi connectivity index (χ0n) is 18.7. The summed E-state index contributed by atoms with van der Waals surface area (Å²) in [6.45, 7) is 3.53. The van der Waals surface area contributed by atoms with Crippen LogP contribution in [-0.2, 0) is 12.8 Å². The molecule has 0 bridgehead atoms. The maximum Gasteiger partial charge on any atom is 0.432 e. The van der Waals surface area contributed by atoms with Crippen molar-refractivity contribution in [2.24, 2.45) is 4.99 Å². The van der Waals surface area contributed by atoms with E-state index in [4.69, 9.17) is 0 Å². The Morgan fingerprint density at radius 3 is 2.29 bits per heavy atom. The lowest BCUT2D eigenvalue weighted by atomic mass is 9.98. The molecule has 1 unspecified atom stereocenters. The van der Waals surface area contributed by atoms with Crippen LogP contribution in [0, 0.1) is 6.92 Å². The van der Waals surface area contributed by atoms with E-state index in [0.29, 0.717) is 34.4 Å². The first-order valence-electron chi connectivity index (χ1n) is 10.9. The Labute approximate surface area is 197 Å². The van der Waals surface area contributed by atoms with E-state index in [0.717, 1.165) is 10.5 Å². The lowest BCUT2D eigenvalue weighted by molar-refractivity contribution is -0.0950. The van der Waals surface area contributed by atoms with Gasteiger partial charge in [0, 0.05) is 0 Å². The van der Waals surface area contributed by atoms with Crippen molar-refractivity contribution in [2.45, 2.75) is 51.5 Å². The summed E-state index contributed by atoms with van der Waals surface area (Å²) in [4.78, 5) is 30.3. The van der Waals surface area contributed by atoms with Crippen LogP contribution in [0.3, 0.4) is 0 Å². The monoisotopic (exact) mass is 494 g/mol. The average molecular weight is 494 g/mol. The number of hydrogen-bond donors (Lipinski definition) is 0. The number of amides is 2. The first-order chi connectivity index (χ1) is 16.3. The van der Waals surface area contributed by atoms with Gasteiger partial charge in [-0.1, -0.05) is 31.2 Å². The largest absolute Gasteiger partial charge is 0.432 e. The highest BCUT2D eigenvalue weighted by Gasteiger charge is 2.46. The second-order valence-corrected chi connectivity index (χ2v) is 8.42. The molecule has 0 spiro atoms. The molecule has 10 heteroatoms. The lowest BCUT2D eigenvalue weighted by Crippen LogP contribution is -2.30. The predicted octanol–water partition coefficient (Wildman–Crippen LogP) is 6.16. The highest BCUT2D eigenvalue weighted by molar-refractivity contribution is 6.35. The van der Waals surface area contributed by atoms with Crippen LogP contribution in [0.5, 0.6) is 0 Å². The highest BCUT2D eigenvalue weighted by Crippen LogP contribution is 2.38. The molecule has 0 saturated heterocycles. The third-order valence-electron chi connectivity index (χ3n) is 6.15. The minimum Gasteiger partial charge on any atom is -0.272 e. The summed E-state index contributed by atoms with van der Waals surface area (Å²) in [7, 11) is 0. The standard InChI is InChI=1S/C25H20F6N2O2/c1-3-15-5-4-6-16-21(15)23(35)33(22(16)34)19-10-8-14(11-13(19)2)7-9-18-17(24(26,27)28)12-20(32-18)25(29,30)31/h4-6,8,10-12,18H,3,7,9H2,1-2H3. The molecule has 4 rings (SSSR count). The van der Waals surface area contributed by atoms with E-state index < -0.39 is 41.5 Å². The molecule has 1 atom stereocenters. The summed E-state index contributed by atoms with van der Waals surface area (Å²) in [5.41, 5.74) is -0.0211. The normalized spacial score (nSPS) is 18.2. The molecular weight excluding hydrogens is 474 g/mol. The number of benzene rings is 2. The minimum absolute atomic E-state index is 0.0238. The van der Waals surface area contributed by atoms with Crippen LogP contribution in [-0.4, -0.2) is 35.9 Å². The smallest absolute Gasteiger partial charge is 0.272 e. The van der Waals surface area contributed by atoms with Crippen LogP contribution in [0.1, 0.15) is 50.8 Å². The maximum absolute atomic E-state index is 13.2. The van der Waals surface area contributed by atoms with Crippen LogP contribution in [0.4, 0.5) is 32.0 Å². The maximum atomic E-state index is 13.2. The Balaban J connectivity index is 1.55. The van der Waals surface area contributed by atoms with E-state index in [2.05, 4.69) is 4.99 Å². The van der Waals surface area contributed by atoms with E-state index in [1.165, 1.54) is 6.07 Å². The van der Waals surface area contributed by atoms with E-state index in [-0.39, 0.29) is 18.9 Å². The molecule has 2 aliphatic rings. The van der Waals surface area contributed by atoms with Gasteiger partial charge in [-0.3, -0.25) is 14.6 Å². The SMILES string of the molecule is CCc1cccc2c1C(=O)N(c1ccc(CCC3N=C(C(F)(F)F)C=C3C(F)(F)F)cc1C)C2=O. The molecule has 2 aromatic rings. The number of hydrogen-bond acceptors (Lipinski definition) is 3. The van der Waals surface area contributed by atoms with E-state index in [1.54, 1.807) is 37.3 Å². The number of alkyl halides is 6. The van der Waals surface area contributed by atoms with Gasteiger partial charge in [0.05, 0.1) is 28.4 Å². The number of imide groups is 1. The van der Waals surface area contributed by atoms with E-state index in [9.17, 15) is 35.9 Å². The molecule has 2 amide bonds. The number of fused-ring (bicyclic) bond motifs is 1. The van der Waals surface area contributed by atoms with Crippen molar-refractivity contribution in [1.29, 1.82) is 0 Å². The summed E-state index contributed by atoms with van der Waals surface area (Å²) in [5.74, 6) is -0.908. The molecule has 4 nitrogen and oxygen atoms in total. The Morgan fingerprint density at radius 2 is 1.69 bits per heavy atom. The van der Waals surface area contributed by atoms with Gasteiger partial charge in [0.15, 0.2) is 0 Å². The Bertz CT molecular complexity index is 1270. The molecule has 0 saturated carbocycles. The van der Waals surface area contributed by atoms with Gasteiger partial charge in [-0.2, -0.15) is 26.3 Å². The second-order valence-electron chi connectivity index (χ2n) is 8.42. The molecule has 0 aromatic heterocycles. The van der Waals surface area contributed by atoms with Crippen LogP contribution in [0.2, 0.25) is 0 Å². The molecule has 0 radical (unpaired) electrons. The molecule has 35 heavy (non-hydrogen) atoms. The molecule has 0 fully saturated rings. The van der Waals surface area contributed by atoms with Crippen molar-refractivity contribution in [3.63, 3.8) is 0 Å². The van der Waals surface area contributed by atoms with Gasteiger partial charge in [0.2, 0.25) is 0 Å². The molecule has 2 heterocycles.